The Morgan fingerprint density at radius 3 is 2.79 bits per heavy atom. The first-order chi connectivity index (χ1) is 6.68. The molecule has 2 rings (SSSR count). The summed E-state index contributed by atoms with van der Waals surface area (Å²) in [5.74, 6) is 0.720. The first-order valence-corrected chi connectivity index (χ1v) is 4.39. The summed E-state index contributed by atoms with van der Waals surface area (Å²) in [6.07, 6.45) is 1.68. The van der Waals surface area contributed by atoms with E-state index in [0.717, 1.165) is 22.6 Å². The van der Waals surface area contributed by atoms with Crippen LogP contribution in [-0.2, 0) is 7.05 Å². The SMILES string of the molecule is Cc1c(N)cccc1-c1ncn(C)n1. The fourth-order valence-electron chi connectivity index (χ4n) is 1.36. The lowest BCUT2D eigenvalue weighted by molar-refractivity contribution is 0.768. The van der Waals surface area contributed by atoms with Crippen molar-refractivity contribution in [1.29, 1.82) is 0 Å². The molecule has 0 aliphatic heterocycles. The van der Waals surface area contributed by atoms with Gasteiger partial charge in [-0.05, 0) is 18.6 Å². The number of nitrogens with two attached hydrogens (primary N) is 1. The highest BCUT2D eigenvalue weighted by Crippen LogP contribution is 2.23. The van der Waals surface area contributed by atoms with Crippen LogP contribution >= 0.6 is 0 Å². The van der Waals surface area contributed by atoms with Crippen LogP contribution in [0.1, 0.15) is 5.56 Å². The summed E-state index contributed by atoms with van der Waals surface area (Å²) in [5.41, 5.74) is 8.59. The van der Waals surface area contributed by atoms with E-state index in [0.29, 0.717) is 0 Å². The maximum absolute atomic E-state index is 5.80. The van der Waals surface area contributed by atoms with Crippen molar-refractivity contribution in [2.45, 2.75) is 6.92 Å². The topological polar surface area (TPSA) is 56.7 Å². The van der Waals surface area contributed by atoms with Gasteiger partial charge in [0.1, 0.15) is 6.33 Å². The zero-order chi connectivity index (χ0) is 10.1. The predicted molar refractivity (Wildman–Crippen MR) is 55.6 cm³/mol. The first kappa shape index (κ1) is 8.74. The minimum Gasteiger partial charge on any atom is -0.398 e. The lowest BCUT2D eigenvalue weighted by atomic mass is 10.1. The minimum absolute atomic E-state index is 0.720. The lowest BCUT2D eigenvalue weighted by Gasteiger charge is -2.03. The molecule has 0 amide bonds. The zero-order valence-electron chi connectivity index (χ0n) is 8.23. The summed E-state index contributed by atoms with van der Waals surface area (Å²) >= 11 is 0. The Morgan fingerprint density at radius 1 is 1.36 bits per heavy atom. The van der Waals surface area contributed by atoms with E-state index in [4.69, 9.17) is 5.73 Å². The molecule has 72 valence electrons. The molecule has 1 aromatic carbocycles. The van der Waals surface area contributed by atoms with E-state index in [-0.39, 0.29) is 0 Å². The number of benzene rings is 1. The molecule has 1 heterocycles. The van der Waals surface area contributed by atoms with Gasteiger partial charge in [-0.15, -0.1) is 0 Å². The molecule has 0 fully saturated rings. The molecule has 0 radical (unpaired) electrons. The second-order valence-electron chi connectivity index (χ2n) is 3.26. The molecule has 0 aliphatic carbocycles. The van der Waals surface area contributed by atoms with Gasteiger partial charge in [-0.25, -0.2) is 4.98 Å². The van der Waals surface area contributed by atoms with Gasteiger partial charge in [-0.2, -0.15) is 5.10 Å². The van der Waals surface area contributed by atoms with Crippen LogP contribution in [-0.4, -0.2) is 14.8 Å². The van der Waals surface area contributed by atoms with Gasteiger partial charge in [-0.1, -0.05) is 12.1 Å². The minimum atomic E-state index is 0.720. The van der Waals surface area contributed by atoms with Crippen molar-refractivity contribution in [3.63, 3.8) is 0 Å². The van der Waals surface area contributed by atoms with E-state index >= 15 is 0 Å². The molecule has 14 heavy (non-hydrogen) atoms. The van der Waals surface area contributed by atoms with Crippen molar-refractivity contribution in [2.75, 3.05) is 5.73 Å². The third kappa shape index (κ3) is 1.35. The summed E-state index contributed by atoms with van der Waals surface area (Å²) in [4.78, 5) is 4.18. The molecule has 2 aromatic rings. The maximum atomic E-state index is 5.80. The van der Waals surface area contributed by atoms with Gasteiger partial charge in [0.25, 0.3) is 0 Å². The number of aromatic nitrogens is 3. The molecule has 0 atom stereocenters. The average molecular weight is 188 g/mol. The highest BCUT2D eigenvalue weighted by Gasteiger charge is 2.07. The highest BCUT2D eigenvalue weighted by molar-refractivity contribution is 5.67. The normalized spacial score (nSPS) is 10.4. The fraction of sp³-hybridized carbons (Fsp3) is 0.200. The van der Waals surface area contributed by atoms with Gasteiger partial charge in [0.05, 0.1) is 0 Å². The second kappa shape index (κ2) is 3.14. The van der Waals surface area contributed by atoms with E-state index in [1.165, 1.54) is 0 Å². The first-order valence-electron chi connectivity index (χ1n) is 4.39. The van der Waals surface area contributed by atoms with Gasteiger partial charge in [0.15, 0.2) is 5.82 Å². The molecule has 0 spiro atoms. The number of anilines is 1. The van der Waals surface area contributed by atoms with Crippen molar-refractivity contribution >= 4 is 5.69 Å². The van der Waals surface area contributed by atoms with Crippen LogP contribution in [0.4, 0.5) is 5.69 Å². The van der Waals surface area contributed by atoms with Crippen LogP contribution in [0.2, 0.25) is 0 Å². The van der Waals surface area contributed by atoms with Crippen molar-refractivity contribution in [3.05, 3.63) is 30.1 Å². The Kier molecular flexibility index (Phi) is 1.96. The Hall–Kier alpha value is -1.84. The summed E-state index contributed by atoms with van der Waals surface area (Å²) in [5, 5.41) is 4.23. The Morgan fingerprint density at radius 2 is 2.14 bits per heavy atom. The molecule has 2 N–H and O–H groups in total. The van der Waals surface area contributed by atoms with Gasteiger partial charge >= 0.3 is 0 Å². The monoisotopic (exact) mass is 188 g/mol. The number of aryl methyl sites for hydroxylation is 1. The van der Waals surface area contributed by atoms with Crippen LogP contribution in [0.5, 0.6) is 0 Å². The van der Waals surface area contributed by atoms with E-state index in [1.54, 1.807) is 11.0 Å². The lowest BCUT2D eigenvalue weighted by Crippen LogP contribution is -1.94. The number of hydrogen-bond acceptors (Lipinski definition) is 3. The van der Waals surface area contributed by atoms with Crippen molar-refractivity contribution in [1.82, 2.24) is 14.8 Å². The molecule has 0 bridgehead atoms. The smallest absolute Gasteiger partial charge is 0.181 e. The van der Waals surface area contributed by atoms with Crippen LogP contribution in [0.25, 0.3) is 11.4 Å². The fourth-order valence-corrected chi connectivity index (χ4v) is 1.36. The molecular formula is C10H12N4. The molecule has 0 aliphatic rings. The molecule has 0 unspecified atom stereocenters. The van der Waals surface area contributed by atoms with Gasteiger partial charge in [-0.3, -0.25) is 4.68 Å². The molecule has 0 saturated carbocycles. The average Bonchev–Trinajstić information content (AvgIpc) is 2.57. The van der Waals surface area contributed by atoms with Crippen LogP contribution in [0.3, 0.4) is 0 Å². The number of rotatable bonds is 1. The van der Waals surface area contributed by atoms with Gasteiger partial charge in [0.2, 0.25) is 0 Å². The molecule has 0 saturated heterocycles. The Labute approximate surface area is 82.4 Å². The van der Waals surface area contributed by atoms with E-state index < -0.39 is 0 Å². The Balaban J connectivity index is 2.57. The third-order valence-electron chi connectivity index (χ3n) is 2.22. The summed E-state index contributed by atoms with van der Waals surface area (Å²) in [6.45, 7) is 1.97. The number of nitrogens with zero attached hydrogens (tertiary/aromatic N) is 3. The van der Waals surface area contributed by atoms with Crippen LogP contribution in [0, 0.1) is 6.92 Å². The number of nitrogen functional groups attached to an aromatic ring is 1. The summed E-state index contributed by atoms with van der Waals surface area (Å²) < 4.78 is 1.68. The van der Waals surface area contributed by atoms with E-state index in [2.05, 4.69) is 10.1 Å². The van der Waals surface area contributed by atoms with Crippen molar-refractivity contribution in [3.8, 4) is 11.4 Å². The molecule has 4 nitrogen and oxygen atoms in total. The largest absolute Gasteiger partial charge is 0.398 e. The third-order valence-corrected chi connectivity index (χ3v) is 2.22. The Bertz CT molecular complexity index is 459. The highest BCUT2D eigenvalue weighted by atomic mass is 15.3. The van der Waals surface area contributed by atoms with Crippen LogP contribution in [0.15, 0.2) is 24.5 Å². The van der Waals surface area contributed by atoms with E-state index in [1.807, 2.05) is 32.2 Å². The zero-order valence-corrected chi connectivity index (χ0v) is 8.23. The molecule has 1 aromatic heterocycles. The maximum Gasteiger partial charge on any atom is 0.181 e. The standard InChI is InChI=1S/C10H12N4/c1-7-8(4-3-5-9(7)11)10-12-6-14(2)13-10/h3-6H,11H2,1-2H3. The van der Waals surface area contributed by atoms with Gasteiger partial charge < -0.3 is 5.73 Å². The summed E-state index contributed by atoms with van der Waals surface area (Å²) in [6, 6.07) is 5.76. The van der Waals surface area contributed by atoms with Gasteiger partial charge in [0, 0.05) is 18.3 Å². The molecule has 4 heteroatoms. The van der Waals surface area contributed by atoms with Crippen molar-refractivity contribution < 1.29 is 0 Å². The van der Waals surface area contributed by atoms with Crippen LogP contribution < -0.4 is 5.73 Å². The number of hydrogen-bond donors (Lipinski definition) is 1. The quantitative estimate of drug-likeness (QED) is 0.688. The van der Waals surface area contributed by atoms with Crippen molar-refractivity contribution in [2.24, 2.45) is 7.05 Å². The molecular weight excluding hydrogens is 176 g/mol. The summed E-state index contributed by atoms with van der Waals surface area (Å²) in [7, 11) is 1.85. The second-order valence-corrected chi connectivity index (χ2v) is 3.26. The predicted octanol–water partition coefficient (Wildman–Crippen LogP) is 1.37. The van der Waals surface area contributed by atoms with E-state index in [9.17, 15) is 0 Å².